The molecule has 1 heterocycles. The average molecular weight is 311 g/mol. The Kier molecular flexibility index (Phi) is 4.77. The smallest absolute Gasteiger partial charge is 0.0596 e. The Bertz CT molecular complexity index is 586. The lowest BCUT2D eigenvalue weighted by Gasteiger charge is -2.31. The second-order valence-corrected chi connectivity index (χ2v) is 5.97. The first-order valence-corrected chi connectivity index (χ1v) is 7.77. The predicted molar refractivity (Wildman–Crippen MR) is 85.9 cm³/mol. The van der Waals surface area contributed by atoms with Crippen LogP contribution in [0.2, 0.25) is 0 Å². The zero-order valence-corrected chi connectivity index (χ0v) is 13.7. The van der Waals surface area contributed by atoms with Gasteiger partial charge in [0, 0.05) is 36.3 Å². The minimum Gasteiger partial charge on any atom is -0.272 e. The molecular weight excluding hydrogens is 291 g/mol. The van der Waals surface area contributed by atoms with Gasteiger partial charge in [-0.1, -0.05) is 24.3 Å². The Balaban J connectivity index is 2.45. The van der Waals surface area contributed by atoms with Crippen molar-refractivity contribution in [2.45, 2.75) is 25.7 Å². The minimum absolute atomic E-state index is 0.255. The van der Waals surface area contributed by atoms with Crippen molar-refractivity contribution in [1.29, 1.82) is 0 Å². The maximum absolute atomic E-state index is 6.33. The van der Waals surface area contributed by atoms with Gasteiger partial charge in [0.05, 0.1) is 5.69 Å². The number of halogens is 2. The van der Waals surface area contributed by atoms with Crippen molar-refractivity contribution >= 4 is 23.2 Å². The largest absolute Gasteiger partial charge is 0.272 e. The van der Waals surface area contributed by atoms with Crippen molar-refractivity contribution in [2.75, 3.05) is 11.8 Å². The van der Waals surface area contributed by atoms with E-state index < -0.39 is 0 Å². The summed E-state index contributed by atoms with van der Waals surface area (Å²) in [6, 6.07) is 10.4. The topological polar surface area (TPSA) is 17.8 Å². The summed E-state index contributed by atoms with van der Waals surface area (Å²) in [6.45, 7) is 4.11. The van der Waals surface area contributed by atoms with Gasteiger partial charge in [-0.05, 0) is 31.0 Å². The van der Waals surface area contributed by atoms with Gasteiger partial charge in [0.1, 0.15) is 0 Å². The van der Waals surface area contributed by atoms with Gasteiger partial charge in [-0.15, -0.1) is 23.2 Å². The van der Waals surface area contributed by atoms with E-state index in [4.69, 9.17) is 23.2 Å². The highest BCUT2D eigenvalue weighted by Crippen LogP contribution is 2.33. The van der Waals surface area contributed by atoms with Gasteiger partial charge in [0.2, 0.25) is 0 Å². The molecule has 1 aromatic carbocycles. The third-order valence-corrected chi connectivity index (χ3v) is 4.87. The van der Waals surface area contributed by atoms with E-state index >= 15 is 0 Å². The van der Waals surface area contributed by atoms with Crippen LogP contribution in [0.1, 0.15) is 22.5 Å². The molecule has 0 saturated carbocycles. The predicted octanol–water partition coefficient (Wildman–Crippen LogP) is 4.00. The molecular formula is C16H20Cl2N2. The highest BCUT2D eigenvalue weighted by Gasteiger charge is 2.33. The van der Waals surface area contributed by atoms with Crippen molar-refractivity contribution in [3.05, 3.63) is 52.8 Å². The molecule has 2 rings (SSSR count). The second-order valence-electron chi connectivity index (χ2n) is 5.44. The Morgan fingerprint density at radius 1 is 1.15 bits per heavy atom. The lowest BCUT2D eigenvalue weighted by molar-refractivity contribution is 0.508. The fraction of sp³-hybridized carbons (Fsp3) is 0.438. The summed E-state index contributed by atoms with van der Waals surface area (Å²) in [7, 11) is 1.97. The van der Waals surface area contributed by atoms with Gasteiger partial charge in [0.25, 0.3) is 0 Å². The molecule has 2 nitrogen and oxygen atoms in total. The van der Waals surface area contributed by atoms with Crippen LogP contribution in [0.25, 0.3) is 0 Å². The number of rotatable bonds is 5. The van der Waals surface area contributed by atoms with Crippen LogP contribution in [0.15, 0.2) is 30.3 Å². The zero-order valence-electron chi connectivity index (χ0n) is 12.2. The van der Waals surface area contributed by atoms with Crippen LogP contribution in [0.3, 0.4) is 0 Å². The summed E-state index contributed by atoms with van der Waals surface area (Å²) in [5.41, 5.74) is 4.38. The molecule has 0 atom stereocenters. The van der Waals surface area contributed by atoms with E-state index in [0.717, 1.165) is 17.8 Å². The second kappa shape index (κ2) is 6.19. The van der Waals surface area contributed by atoms with Gasteiger partial charge in [0.15, 0.2) is 0 Å². The lowest BCUT2D eigenvalue weighted by Crippen LogP contribution is -2.35. The first-order valence-electron chi connectivity index (χ1n) is 6.70. The van der Waals surface area contributed by atoms with Crippen molar-refractivity contribution < 1.29 is 0 Å². The highest BCUT2D eigenvalue weighted by atomic mass is 35.5. The van der Waals surface area contributed by atoms with Crippen molar-refractivity contribution in [1.82, 2.24) is 9.78 Å². The van der Waals surface area contributed by atoms with Crippen LogP contribution in [-0.2, 0) is 18.9 Å². The van der Waals surface area contributed by atoms with E-state index in [2.05, 4.69) is 30.2 Å². The summed E-state index contributed by atoms with van der Waals surface area (Å²) in [5, 5.41) is 4.41. The van der Waals surface area contributed by atoms with Gasteiger partial charge in [-0.25, -0.2) is 0 Å². The molecule has 0 spiro atoms. The molecule has 0 amide bonds. The molecule has 0 unspecified atom stereocenters. The van der Waals surface area contributed by atoms with E-state index in [1.165, 1.54) is 11.1 Å². The van der Waals surface area contributed by atoms with Crippen LogP contribution >= 0.6 is 23.2 Å². The van der Waals surface area contributed by atoms with Crippen LogP contribution < -0.4 is 0 Å². The lowest BCUT2D eigenvalue weighted by atomic mass is 9.78. The molecule has 0 fully saturated rings. The number of aryl methyl sites for hydroxylation is 3. The molecule has 0 saturated heterocycles. The summed E-state index contributed by atoms with van der Waals surface area (Å²) in [4.78, 5) is 0. The van der Waals surface area contributed by atoms with Crippen LogP contribution in [0.5, 0.6) is 0 Å². The first kappa shape index (κ1) is 15.4. The quantitative estimate of drug-likeness (QED) is 0.763. The molecule has 0 radical (unpaired) electrons. The molecule has 20 heavy (non-hydrogen) atoms. The molecule has 1 aromatic heterocycles. The standard InChI is InChI=1S/C16H20Cl2N2/c1-12-6-4-5-7-15(12)16(10-17,11-18)9-14-8-13(2)19-20(14)3/h4-8H,9-11H2,1-3H3. The van der Waals surface area contributed by atoms with Crippen molar-refractivity contribution in [3.8, 4) is 0 Å². The minimum atomic E-state index is -0.255. The number of nitrogens with zero attached hydrogens (tertiary/aromatic N) is 2. The van der Waals surface area contributed by atoms with Gasteiger partial charge in [-0.3, -0.25) is 4.68 Å². The number of hydrogen-bond acceptors (Lipinski definition) is 1. The molecule has 108 valence electrons. The third-order valence-electron chi connectivity index (χ3n) is 3.85. The summed E-state index contributed by atoms with van der Waals surface area (Å²) in [5.74, 6) is 0.983. The van der Waals surface area contributed by atoms with Gasteiger partial charge in [-0.2, -0.15) is 5.10 Å². The Labute approximate surface area is 130 Å². The van der Waals surface area contributed by atoms with Crippen molar-refractivity contribution in [3.63, 3.8) is 0 Å². The molecule has 2 aromatic rings. The Morgan fingerprint density at radius 2 is 1.80 bits per heavy atom. The molecule has 0 aliphatic heterocycles. The van der Waals surface area contributed by atoms with E-state index in [9.17, 15) is 0 Å². The fourth-order valence-electron chi connectivity index (χ4n) is 2.71. The Morgan fingerprint density at radius 3 is 2.30 bits per heavy atom. The average Bonchev–Trinajstić information content (AvgIpc) is 2.75. The number of hydrogen-bond donors (Lipinski definition) is 0. The van der Waals surface area contributed by atoms with E-state index in [-0.39, 0.29) is 5.41 Å². The van der Waals surface area contributed by atoms with E-state index in [1.54, 1.807) is 0 Å². The van der Waals surface area contributed by atoms with Crippen LogP contribution in [-0.4, -0.2) is 21.5 Å². The van der Waals surface area contributed by atoms with Crippen molar-refractivity contribution in [2.24, 2.45) is 7.05 Å². The van der Waals surface area contributed by atoms with E-state index in [1.807, 2.05) is 30.8 Å². The SMILES string of the molecule is Cc1cc(CC(CCl)(CCl)c2ccccc2C)n(C)n1. The summed E-state index contributed by atoms with van der Waals surface area (Å²) < 4.78 is 1.92. The van der Waals surface area contributed by atoms with Gasteiger partial charge < -0.3 is 0 Å². The van der Waals surface area contributed by atoms with Gasteiger partial charge >= 0.3 is 0 Å². The highest BCUT2D eigenvalue weighted by molar-refractivity contribution is 6.22. The maximum atomic E-state index is 6.33. The molecule has 0 bridgehead atoms. The molecule has 4 heteroatoms. The normalized spacial score (nSPS) is 11.8. The fourth-order valence-corrected chi connectivity index (χ4v) is 3.48. The summed E-state index contributed by atoms with van der Waals surface area (Å²) in [6.07, 6.45) is 0.794. The Hall–Kier alpha value is -0.990. The molecule has 0 aliphatic carbocycles. The third kappa shape index (κ3) is 2.87. The molecule has 0 N–H and O–H groups in total. The van der Waals surface area contributed by atoms with Crippen LogP contribution in [0, 0.1) is 13.8 Å². The monoisotopic (exact) mass is 310 g/mol. The van der Waals surface area contributed by atoms with Crippen LogP contribution in [0.4, 0.5) is 0 Å². The summed E-state index contributed by atoms with van der Waals surface area (Å²) >= 11 is 12.7. The maximum Gasteiger partial charge on any atom is 0.0596 e. The van der Waals surface area contributed by atoms with E-state index in [0.29, 0.717) is 11.8 Å². The molecule has 0 aliphatic rings. The zero-order chi connectivity index (χ0) is 14.8. The number of alkyl halides is 2. The number of aromatic nitrogens is 2. The first-order chi connectivity index (χ1) is 9.52. The number of benzene rings is 1.